The SMILES string of the molecule is C=CC(=O)C(O)CC1(C)CCO1. The van der Waals surface area contributed by atoms with Crippen LogP contribution in [0.15, 0.2) is 12.7 Å². The van der Waals surface area contributed by atoms with Crippen molar-refractivity contribution in [1.82, 2.24) is 0 Å². The molecule has 1 aliphatic rings. The van der Waals surface area contributed by atoms with Crippen molar-refractivity contribution < 1.29 is 14.6 Å². The Kier molecular flexibility index (Phi) is 2.65. The number of aliphatic hydroxyl groups excluding tert-OH is 1. The first-order valence-corrected chi connectivity index (χ1v) is 4.06. The highest BCUT2D eigenvalue weighted by atomic mass is 16.5. The summed E-state index contributed by atoms with van der Waals surface area (Å²) < 4.78 is 5.24. The van der Waals surface area contributed by atoms with Gasteiger partial charge in [0, 0.05) is 6.42 Å². The molecule has 3 heteroatoms. The molecule has 2 unspecified atom stereocenters. The fourth-order valence-electron chi connectivity index (χ4n) is 1.26. The number of rotatable bonds is 4. The van der Waals surface area contributed by atoms with Gasteiger partial charge in [0.05, 0.1) is 12.2 Å². The minimum atomic E-state index is -0.951. The Morgan fingerprint density at radius 2 is 2.50 bits per heavy atom. The summed E-state index contributed by atoms with van der Waals surface area (Å²) in [6.45, 7) is 5.93. The zero-order valence-electron chi connectivity index (χ0n) is 7.25. The first kappa shape index (κ1) is 9.42. The molecular weight excluding hydrogens is 156 g/mol. The van der Waals surface area contributed by atoms with Crippen LogP contribution >= 0.6 is 0 Å². The van der Waals surface area contributed by atoms with Crippen LogP contribution in [0.2, 0.25) is 0 Å². The highest BCUT2D eigenvalue weighted by Crippen LogP contribution is 2.30. The van der Waals surface area contributed by atoms with Crippen LogP contribution in [-0.2, 0) is 9.53 Å². The van der Waals surface area contributed by atoms with Crippen molar-refractivity contribution in [3.8, 4) is 0 Å². The number of aliphatic hydroxyl groups is 1. The third-order valence-corrected chi connectivity index (χ3v) is 2.24. The van der Waals surface area contributed by atoms with Crippen LogP contribution in [0.25, 0.3) is 0 Å². The molecule has 0 saturated carbocycles. The molecule has 1 fully saturated rings. The summed E-state index contributed by atoms with van der Waals surface area (Å²) in [5.74, 6) is -0.327. The lowest BCUT2D eigenvalue weighted by molar-refractivity contribution is -0.158. The summed E-state index contributed by atoms with van der Waals surface area (Å²) >= 11 is 0. The molecule has 0 radical (unpaired) electrons. The zero-order chi connectivity index (χ0) is 9.19. The van der Waals surface area contributed by atoms with Crippen molar-refractivity contribution in [3.05, 3.63) is 12.7 Å². The molecule has 0 aliphatic carbocycles. The minimum Gasteiger partial charge on any atom is -0.385 e. The molecule has 2 atom stereocenters. The quantitative estimate of drug-likeness (QED) is 0.631. The van der Waals surface area contributed by atoms with Crippen LogP contribution in [0.5, 0.6) is 0 Å². The van der Waals surface area contributed by atoms with Crippen LogP contribution in [0.1, 0.15) is 19.8 Å². The van der Waals surface area contributed by atoms with E-state index in [0.29, 0.717) is 6.42 Å². The van der Waals surface area contributed by atoms with Gasteiger partial charge in [0.15, 0.2) is 5.78 Å². The molecule has 1 aliphatic heterocycles. The molecule has 1 rings (SSSR count). The molecule has 0 amide bonds. The highest BCUT2D eigenvalue weighted by molar-refractivity contribution is 5.92. The Morgan fingerprint density at radius 3 is 2.83 bits per heavy atom. The van der Waals surface area contributed by atoms with E-state index in [4.69, 9.17) is 4.74 Å². The maximum Gasteiger partial charge on any atom is 0.183 e. The van der Waals surface area contributed by atoms with E-state index in [9.17, 15) is 9.90 Å². The minimum absolute atomic E-state index is 0.294. The van der Waals surface area contributed by atoms with Gasteiger partial charge < -0.3 is 9.84 Å². The average molecular weight is 170 g/mol. The van der Waals surface area contributed by atoms with Crippen LogP contribution in [0.4, 0.5) is 0 Å². The summed E-state index contributed by atoms with van der Waals surface area (Å²) in [4.78, 5) is 10.9. The smallest absolute Gasteiger partial charge is 0.183 e. The third kappa shape index (κ3) is 1.93. The van der Waals surface area contributed by atoms with Crippen LogP contribution in [0, 0.1) is 0 Å². The molecule has 0 spiro atoms. The summed E-state index contributed by atoms with van der Waals surface area (Å²) in [5, 5.41) is 9.32. The number of ether oxygens (including phenoxy) is 1. The second kappa shape index (κ2) is 3.37. The van der Waals surface area contributed by atoms with Crippen LogP contribution < -0.4 is 0 Å². The van der Waals surface area contributed by atoms with Gasteiger partial charge in [-0.05, 0) is 19.4 Å². The predicted octanol–water partition coefficient (Wildman–Crippen LogP) is 0.671. The van der Waals surface area contributed by atoms with Gasteiger partial charge in [0.2, 0.25) is 0 Å². The molecule has 0 aromatic rings. The van der Waals surface area contributed by atoms with E-state index in [2.05, 4.69) is 6.58 Å². The van der Waals surface area contributed by atoms with Gasteiger partial charge in [0.25, 0.3) is 0 Å². The van der Waals surface area contributed by atoms with Gasteiger partial charge in [-0.2, -0.15) is 0 Å². The van der Waals surface area contributed by atoms with Crippen molar-refractivity contribution in [2.75, 3.05) is 6.61 Å². The largest absolute Gasteiger partial charge is 0.385 e. The fraction of sp³-hybridized carbons (Fsp3) is 0.667. The van der Waals surface area contributed by atoms with Gasteiger partial charge in [-0.1, -0.05) is 6.58 Å². The van der Waals surface area contributed by atoms with Crippen molar-refractivity contribution in [2.45, 2.75) is 31.5 Å². The molecule has 1 N–H and O–H groups in total. The summed E-state index contributed by atoms with van der Waals surface area (Å²) in [6, 6.07) is 0. The van der Waals surface area contributed by atoms with Crippen LogP contribution in [-0.4, -0.2) is 29.2 Å². The van der Waals surface area contributed by atoms with Gasteiger partial charge in [-0.25, -0.2) is 0 Å². The Bertz CT molecular complexity index is 194. The van der Waals surface area contributed by atoms with Gasteiger partial charge in [-0.3, -0.25) is 4.79 Å². The first-order valence-electron chi connectivity index (χ1n) is 4.06. The number of carbonyl (C=O) groups is 1. The summed E-state index contributed by atoms with van der Waals surface area (Å²) in [6.07, 6.45) is 1.48. The Balaban J connectivity index is 2.39. The molecule has 0 bridgehead atoms. The topological polar surface area (TPSA) is 46.5 Å². The molecule has 1 saturated heterocycles. The highest BCUT2D eigenvalue weighted by Gasteiger charge is 2.36. The van der Waals surface area contributed by atoms with Crippen molar-refractivity contribution in [2.24, 2.45) is 0 Å². The standard InChI is InChI=1S/C9H14O3/c1-3-7(10)8(11)6-9(2)4-5-12-9/h3,8,11H,1,4-6H2,2H3. The van der Waals surface area contributed by atoms with E-state index in [1.165, 1.54) is 0 Å². The van der Waals surface area contributed by atoms with Gasteiger partial charge >= 0.3 is 0 Å². The Labute approximate surface area is 72.0 Å². The second-order valence-corrected chi connectivity index (χ2v) is 3.37. The van der Waals surface area contributed by atoms with E-state index >= 15 is 0 Å². The van der Waals surface area contributed by atoms with E-state index in [0.717, 1.165) is 19.1 Å². The third-order valence-electron chi connectivity index (χ3n) is 2.24. The monoisotopic (exact) mass is 170 g/mol. The lowest BCUT2D eigenvalue weighted by Gasteiger charge is -2.39. The number of hydrogen-bond donors (Lipinski definition) is 1. The molecule has 68 valence electrons. The molecule has 3 nitrogen and oxygen atoms in total. The lowest BCUT2D eigenvalue weighted by Crippen LogP contribution is -2.44. The molecule has 12 heavy (non-hydrogen) atoms. The van der Waals surface area contributed by atoms with E-state index in [1.54, 1.807) is 0 Å². The molecule has 1 heterocycles. The molecule has 0 aromatic carbocycles. The molecule has 0 aromatic heterocycles. The first-order chi connectivity index (χ1) is 5.57. The Hall–Kier alpha value is -0.670. The lowest BCUT2D eigenvalue weighted by atomic mass is 9.89. The van der Waals surface area contributed by atoms with Crippen molar-refractivity contribution >= 4 is 5.78 Å². The summed E-state index contributed by atoms with van der Waals surface area (Å²) in [5.41, 5.74) is -0.294. The second-order valence-electron chi connectivity index (χ2n) is 3.37. The van der Waals surface area contributed by atoms with Gasteiger partial charge in [-0.15, -0.1) is 0 Å². The summed E-state index contributed by atoms with van der Waals surface area (Å²) in [7, 11) is 0. The van der Waals surface area contributed by atoms with E-state index < -0.39 is 6.10 Å². The number of carbonyl (C=O) groups excluding carboxylic acids is 1. The average Bonchev–Trinajstić information content (AvgIpc) is 2.00. The van der Waals surface area contributed by atoms with E-state index in [1.807, 2.05) is 6.92 Å². The molecular formula is C9H14O3. The fourth-order valence-corrected chi connectivity index (χ4v) is 1.26. The number of ketones is 1. The maximum absolute atomic E-state index is 10.9. The van der Waals surface area contributed by atoms with Crippen molar-refractivity contribution in [3.63, 3.8) is 0 Å². The van der Waals surface area contributed by atoms with Crippen LogP contribution in [0.3, 0.4) is 0 Å². The van der Waals surface area contributed by atoms with Gasteiger partial charge in [0.1, 0.15) is 6.10 Å². The zero-order valence-corrected chi connectivity index (χ0v) is 7.25. The number of hydrogen-bond acceptors (Lipinski definition) is 3. The maximum atomic E-state index is 10.9. The normalized spacial score (nSPS) is 30.5. The van der Waals surface area contributed by atoms with Crippen molar-refractivity contribution in [1.29, 1.82) is 0 Å². The Morgan fingerprint density at radius 1 is 1.92 bits per heavy atom. The van der Waals surface area contributed by atoms with E-state index in [-0.39, 0.29) is 11.4 Å². The predicted molar refractivity (Wildman–Crippen MR) is 44.8 cm³/mol.